The maximum absolute atomic E-state index is 5.78. The molecule has 0 amide bonds. The summed E-state index contributed by atoms with van der Waals surface area (Å²) in [7, 11) is 0. The molecule has 0 saturated carbocycles. The SMILES string of the molecule is CCCC[Te]C1=C(I)COc2ccc(C)cc21. The van der Waals surface area contributed by atoms with Crippen LogP contribution in [0.4, 0.5) is 0 Å². The molecule has 0 unspecified atom stereocenters. The molecular formula is C14H17IOTe. The third kappa shape index (κ3) is 3.39. The van der Waals surface area contributed by atoms with E-state index in [1.165, 1.54) is 32.0 Å². The Labute approximate surface area is 127 Å². The van der Waals surface area contributed by atoms with Gasteiger partial charge >= 0.3 is 128 Å². The second-order valence-corrected chi connectivity index (χ2v) is 8.68. The first-order chi connectivity index (χ1) is 8.22. The van der Waals surface area contributed by atoms with Gasteiger partial charge in [-0.1, -0.05) is 0 Å². The van der Waals surface area contributed by atoms with Gasteiger partial charge in [0.1, 0.15) is 0 Å². The molecule has 0 saturated heterocycles. The van der Waals surface area contributed by atoms with Crippen LogP contribution in [0.15, 0.2) is 21.8 Å². The minimum absolute atomic E-state index is 0.0415. The maximum atomic E-state index is 5.78. The molecule has 1 aromatic rings. The summed E-state index contributed by atoms with van der Waals surface area (Å²) in [5.74, 6) is 1.09. The van der Waals surface area contributed by atoms with Gasteiger partial charge in [0.25, 0.3) is 0 Å². The molecular weight excluding hydrogens is 439 g/mol. The summed E-state index contributed by atoms with van der Waals surface area (Å²) in [4.78, 5) is 0. The zero-order valence-corrected chi connectivity index (χ0v) is 14.7. The molecule has 0 radical (unpaired) electrons. The van der Waals surface area contributed by atoms with Crippen LogP contribution in [-0.2, 0) is 0 Å². The fourth-order valence-corrected chi connectivity index (χ4v) is 6.60. The van der Waals surface area contributed by atoms with Crippen molar-refractivity contribution in [1.29, 1.82) is 0 Å². The van der Waals surface area contributed by atoms with Crippen molar-refractivity contribution in [2.24, 2.45) is 0 Å². The fourth-order valence-electron chi connectivity index (χ4n) is 1.77. The number of ether oxygens (including phenoxy) is 1. The number of fused-ring (bicyclic) bond motifs is 1. The summed E-state index contributed by atoms with van der Waals surface area (Å²) < 4.78 is 10.3. The number of benzene rings is 1. The van der Waals surface area contributed by atoms with Gasteiger partial charge in [0.2, 0.25) is 0 Å². The molecule has 0 aromatic heterocycles. The van der Waals surface area contributed by atoms with E-state index in [-0.39, 0.29) is 20.9 Å². The molecule has 3 heteroatoms. The van der Waals surface area contributed by atoms with E-state index in [9.17, 15) is 0 Å². The Balaban J connectivity index is 2.26. The van der Waals surface area contributed by atoms with Gasteiger partial charge in [0.15, 0.2) is 0 Å². The Kier molecular flexibility index (Phi) is 5.20. The summed E-state index contributed by atoms with van der Waals surface area (Å²) in [6, 6.07) is 6.56. The molecule has 1 heterocycles. The molecule has 0 aliphatic carbocycles. The standard InChI is InChI=1S/C14H17IOTe/c1-3-4-7-17-14-11-8-10(2)5-6-13(11)16-9-12(14)15/h5-6,8H,3-4,7,9H2,1-2H3. The van der Waals surface area contributed by atoms with Gasteiger partial charge in [-0.2, -0.15) is 0 Å². The Morgan fingerprint density at radius 3 is 3.00 bits per heavy atom. The topological polar surface area (TPSA) is 9.23 Å². The van der Waals surface area contributed by atoms with Gasteiger partial charge in [-0.25, -0.2) is 0 Å². The van der Waals surface area contributed by atoms with Crippen molar-refractivity contribution in [3.8, 4) is 5.75 Å². The van der Waals surface area contributed by atoms with Gasteiger partial charge in [-0.05, 0) is 0 Å². The van der Waals surface area contributed by atoms with Gasteiger partial charge < -0.3 is 0 Å². The van der Waals surface area contributed by atoms with Crippen molar-refractivity contribution >= 4 is 47.1 Å². The number of unbranched alkanes of at least 4 members (excludes halogenated alkanes) is 1. The molecule has 17 heavy (non-hydrogen) atoms. The van der Waals surface area contributed by atoms with Gasteiger partial charge in [-0.3, -0.25) is 0 Å². The molecule has 0 bridgehead atoms. The van der Waals surface area contributed by atoms with Crippen LogP contribution < -0.4 is 4.74 Å². The van der Waals surface area contributed by atoms with Crippen LogP contribution in [0.3, 0.4) is 0 Å². The van der Waals surface area contributed by atoms with Crippen LogP contribution in [0.2, 0.25) is 4.47 Å². The Morgan fingerprint density at radius 2 is 2.24 bits per heavy atom. The van der Waals surface area contributed by atoms with E-state index >= 15 is 0 Å². The molecule has 0 spiro atoms. The average molecular weight is 456 g/mol. The molecule has 92 valence electrons. The quantitative estimate of drug-likeness (QED) is 0.371. The van der Waals surface area contributed by atoms with Crippen molar-refractivity contribution in [3.63, 3.8) is 0 Å². The van der Waals surface area contributed by atoms with E-state index in [0.717, 1.165) is 12.4 Å². The second-order valence-electron chi connectivity index (χ2n) is 4.22. The number of halogens is 1. The molecule has 1 aliphatic heterocycles. The molecule has 0 atom stereocenters. The van der Waals surface area contributed by atoms with Crippen LogP contribution in [0.5, 0.6) is 5.75 Å². The van der Waals surface area contributed by atoms with E-state index in [4.69, 9.17) is 4.74 Å². The fraction of sp³-hybridized carbons (Fsp3) is 0.429. The Bertz CT molecular complexity index is 440. The molecule has 1 aliphatic rings. The van der Waals surface area contributed by atoms with Crippen LogP contribution in [0, 0.1) is 6.92 Å². The van der Waals surface area contributed by atoms with Crippen LogP contribution >= 0.6 is 22.6 Å². The monoisotopic (exact) mass is 458 g/mol. The zero-order valence-electron chi connectivity index (χ0n) is 10.3. The first-order valence-corrected chi connectivity index (χ1v) is 9.87. The summed E-state index contributed by atoms with van der Waals surface area (Å²) in [5.41, 5.74) is 2.71. The van der Waals surface area contributed by atoms with E-state index in [2.05, 4.69) is 54.6 Å². The van der Waals surface area contributed by atoms with Gasteiger partial charge in [0, 0.05) is 0 Å². The average Bonchev–Trinajstić information content (AvgIpc) is 2.32. The van der Waals surface area contributed by atoms with Gasteiger partial charge in [0.05, 0.1) is 0 Å². The first-order valence-electron chi connectivity index (χ1n) is 5.97. The van der Waals surface area contributed by atoms with Crippen LogP contribution in [0.25, 0.3) is 3.62 Å². The Hall–Kier alpha value is 0.280. The minimum atomic E-state index is -0.0415. The number of aryl methyl sites for hydroxylation is 1. The van der Waals surface area contributed by atoms with E-state index < -0.39 is 0 Å². The number of hydrogen-bond acceptors (Lipinski definition) is 1. The van der Waals surface area contributed by atoms with Crippen LogP contribution in [0.1, 0.15) is 30.9 Å². The van der Waals surface area contributed by atoms with E-state index in [0.29, 0.717) is 0 Å². The van der Waals surface area contributed by atoms with E-state index in [1.54, 1.807) is 3.62 Å². The first kappa shape index (κ1) is 13.7. The number of rotatable bonds is 4. The third-order valence-electron chi connectivity index (χ3n) is 2.72. The predicted octanol–water partition coefficient (Wildman–Crippen LogP) is 4.41. The molecule has 2 rings (SSSR count). The molecule has 1 aromatic carbocycles. The van der Waals surface area contributed by atoms with E-state index in [1.807, 2.05) is 0 Å². The van der Waals surface area contributed by atoms with Crippen molar-refractivity contribution in [2.75, 3.05) is 6.61 Å². The summed E-state index contributed by atoms with van der Waals surface area (Å²) in [5, 5.41) is 0. The molecule has 0 N–H and O–H groups in total. The predicted molar refractivity (Wildman–Crippen MR) is 83.1 cm³/mol. The van der Waals surface area contributed by atoms with Gasteiger partial charge in [-0.15, -0.1) is 0 Å². The molecule has 0 fully saturated rings. The molecule has 1 nitrogen and oxygen atoms in total. The summed E-state index contributed by atoms with van der Waals surface area (Å²) in [6.07, 6.45) is 2.68. The zero-order chi connectivity index (χ0) is 12.3. The summed E-state index contributed by atoms with van der Waals surface area (Å²) in [6.45, 7) is 5.21. The Morgan fingerprint density at radius 1 is 1.41 bits per heavy atom. The van der Waals surface area contributed by atoms with Crippen molar-refractivity contribution in [2.45, 2.75) is 31.2 Å². The van der Waals surface area contributed by atoms with Crippen molar-refractivity contribution < 1.29 is 4.74 Å². The van der Waals surface area contributed by atoms with Crippen LogP contribution in [-0.4, -0.2) is 27.5 Å². The van der Waals surface area contributed by atoms with Crippen molar-refractivity contribution in [1.82, 2.24) is 0 Å². The number of hydrogen-bond donors (Lipinski definition) is 0. The van der Waals surface area contributed by atoms with Crippen molar-refractivity contribution in [3.05, 3.63) is 32.9 Å². The second kappa shape index (κ2) is 6.45. The normalized spacial score (nSPS) is 14.5. The summed E-state index contributed by atoms with van der Waals surface area (Å²) >= 11 is 2.42. The third-order valence-corrected chi connectivity index (χ3v) is 8.27.